The predicted molar refractivity (Wildman–Crippen MR) is 43.8 cm³/mol. The number of methoxy groups -OCH3 is 1. The third-order valence-corrected chi connectivity index (χ3v) is 2.36. The van der Waals surface area contributed by atoms with E-state index in [2.05, 4.69) is 4.98 Å². The Kier molecular flexibility index (Phi) is 2.84. The first-order valence-electron chi connectivity index (χ1n) is 3.45. The molecule has 0 bridgehead atoms. The molecular weight excluding hydrogens is 162 g/mol. The van der Waals surface area contributed by atoms with Crippen LogP contribution in [0.3, 0.4) is 0 Å². The molecule has 1 aromatic heterocycles. The number of ether oxygens (including phenoxy) is 1. The number of hydrogen-bond acceptors (Lipinski definition) is 4. The third-order valence-electron chi connectivity index (χ3n) is 1.44. The Hall–Kier alpha value is -0.610. The van der Waals surface area contributed by atoms with E-state index in [4.69, 9.17) is 9.84 Å². The number of nitrogens with zero attached hydrogens (tertiary/aromatic N) is 1. The van der Waals surface area contributed by atoms with Crippen LogP contribution in [0, 0.1) is 0 Å². The molecule has 0 spiro atoms. The van der Waals surface area contributed by atoms with Crippen molar-refractivity contribution in [3.05, 3.63) is 10.4 Å². The van der Waals surface area contributed by atoms with Crippen LogP contribution in [0.5, 0.6) is 5.88 Å². The quantitative estimate of drug-likeness (QED) is 0.759. The topological polar surface area (TPSA) is 42.4 Å². The molecule has 1 aromatic rings. The normalized spacial score (nSPS) is 13.3. The zero-order valence-corrected chi connectivity index (χ0v) is 7.39. The van der Waals surface area contributed by atoms with E-state index < -0.39 is 0 Å². The lowest BCUT2D eigenvalue weighted by Gasteiger charge is -2.07. The number of aromatic hydroxyl groups is 1. The van der Waals surface area contributed by atoms with Crippen molar-refractivity contribution in [2.75, 3.05) is 7.11 Å². The van der Waals surface area contributed by atoms with Gasteiger partial charge in [-0.3, -0.25) is 0 Å². The summed E-state index contributed by atoms with van der Waals surface area (Å²) in [4.78, 5) is 3.90. The molecule has 1 unspecified atom stereocenters. The van der Waals surface area contributed by atoms with Gasteiger partial charge in [0, 0.05) is 7.11 Å². The minimum absolute atomic E-state index is 0.0286. The highest BCUT2D eigenvalue weighted by atomic mass is 32.1. The molecule has 1 atom stereocenters. The number of rotatable bonds is 3. The molecule has 0 aliphatic heterocycles. The van der Waals surface area contributed by atoms with Gasteiger partial charge in [-0.15, -0.1) is 11.3 Å². The van der Waals surface area contributed by atoms with Crippen LogP contribution in [0.2, 0.25) is 0 Å². The Bertz CT molecular complexity index is 220. The lowest BCUT2D eigenvalue weighted by molar-refractivity contribution is 0.0994. The fraction of sp³-hybridized carbons (Fsp3) is 0.571. The van der Waals surface area contributed by atoms with Crippen LogP contribution in [0.1, 0.15) is 24.5 Å². The largest absolute Gasteiger partial charge is 0.493 e. The lowest BCUT2D eigenvalue weighted by Crippen LogP contribution is -1.97. The molecule has 0 amide bonds. The number of aromatic nitrogens is 1. The Morgan fingerprint density at radius 1 is 1.82 bits per heavy atom. The van der Waals surface area contributed by atoms with E-state index in [1.54, 1.807) is 12.5 Å². The van der Waals surface area contributed by atoms with Crippen LogP contribution >= 0.6 is 11.3 Å². The van der Waals surface area contributed by atoms with Gasteiger partial charge in [-0.1, -0.05) is 6.92 Å². The van der Waals surface area contributed by atoms with Crippen molar-refractivity contribution in [2.45, 2.75) is 19.4 Å². The second-order valence-corrected chi connectivity index (χ2v) is 3.07. The van der Waals surface area contributed by atoms with E-state index in [0.717, 1.165) is 11.4 Å². The van der Waals surface area contributed by atoms with Crippen LogP contribution in [0.15, 0.2) is 5.38 Å². The van der Waals surface area contributed by atoms with Crippen molar-refractivity contribution in [3.63, 3.8) is 0 Å². The van der Waals surface area contributed by atoms with E-state index in [0.29, 0.717) is 0 Å². The van der Waals surface area contributed by atoms with E-state index in [1.165, 1.54) is 11.3 Å². The number of hydrogen-bond donors (Lipinski definition) is 1. The molecule has 1 heterocycles. The molecule has 0 aliphatic rings. The molecule has 4 heteroatoms. The van der Waals surface area contributed by atoms with E-state index in [1.807, 2.05) is 6.92 Å². The molecule has 0 aliphatic carbocycles. The summed E-state index contributed by atoms with van der Waals surface area (Å²) in [7, 11) is 1.65. The zero-order valence-electron chi connectivity index (χ0n) is 6.57. The maximum Gasteiger partial charge on any atom is 0.222 e. The van der Waals surface area contributed by atoms with Gasteiger partial charge in [0.15, 0.2) is 0 Å². The molecule has 11 heavy (non-hydrogen) atoms. The molecule has 1 rings (SSSR count). The minimum Gasteiger partial charge on any atom is -0.493 e. The van der Waals surface area contributed by atoms with Gasteiger partial charge in [0.2, 0.25) is 5.88 Å². The van der Waals surface area contributed by atoms with Gasteiger partial charge >= 0.3 is 0 Å². The molecule has 0 aromatic carbocycles. The summed E-state index contributed by atoms with van der Waals surface area (Å²) < 4.78 is 5.14. The van der Waals surface area contributed by atoms with Crippen LogP contribution in [0.25, 0.3) is 0 Å². The summed E-state index contributed by atoms with van der Waals surface area (Å²) in [6.07, 6.45) is 0.907. The van der Waals surface area contributed by atoms with Gasteiger partial charge in [-0.05, 0) is 6.42 Å². The SMILES string of the molecule is CCC(OC)c1nc(O)cs1. The summed E-state index contributed by atoms with van der Waals surface area (Å²) in [5.41, 5.74) is 0. The molecule has 0 saturated carbocycles. The van der Waals surface area contributed by atoms with Crippen molar-refractivity contribution >= 4 is 11.3 Å². The Morgan fingerprint density at radius 2 is 2.55 bits per heavy atom. The summed E-state index contributed by atoms with van der Waals surface area (Å²) >= 11 is 1.42. The molecule has 1 N–H and O–H groups in total. The first-order valence-corrected chi connectivity index (χ1v) is 4.33. The molecule has 0 saturated heterocycles. The van der Waals surface area contributed by atoms with Gasteiger partial charge in [0.05, 0.1) is 5.38 Å². The van der Waals surface area contributed by atoms with Crippen molar-refractivity contribution in [2.24, 2.45) is 0 Å². The highest BCUT2D eigenvalue weighted by Gasteiger charge is 2.11. The zero-order chi connectivity index (χ0) is 8.27. The first-order chi connectivity index (χ1) is 5.27. The second kappa shape index (κ2) is 3.69. The predicted octanol–water partition coefficient (Wildman–Crippen LogP) is 1.95. The van der Waals surface area contributed by atoms with Crippen LogP contribution in [-0.4, -0.2) is 17.2 Å². The van der Waals surface area contributed by atoms with Gasteiger partial charge in [-0.2, -0.15) is 0 Å². The van der Waals surface area contributed by atoms with Crippen LogP contribution in [0.4, 0.5) is 0 Å². The van der Waals surface area contributed by atoms with E-state index >= 15 is 0 Å². The summed E-state index contributed by atoms with van der Waals surface area (Å²) in [6, 6.07) is 0. The van der Waals surface area contributed by atoms with Gasteiger partial charge in [-0.25, -0.2) is 4.98 Å². The summed E-state index contributed by atoms with van der Waals surface area (Å²) in [5.74, 6) is 0.0838. The molecular formula is C7H11NO2S. The second-order valence-electron chi connectivity index (χ2n) is 2.18. The van der Waals surface area contributed by atoms with Crippen molar-refractivity contribution in [3.8, 4) is 5.88 Å². The monoisotopic (exact) mass is 173 g/mol. The molecule has 0 radical (unpaired) electrons. The van der Waals surface area contributed by atoms with Crippen LogP contribution in [-0.2, 0) is 4.74 Å². The van der Waals surface area contributed by atoms with Gasteiger partial charge < -0.3 is 9.84 Å². The maximum atomic E-state index is 8.94. The minimum atomic E-state index is 0.0286. The Labute approximate surface area is 69.7 Å². The third kappa shape index (κ3) is 1.91. The summed E-state index contributed by atoms with van der Waals surface area (Å²) in [6.45, 7) is 2.02. The Morgan fingerprint density at radius 3 is 2.91 bits per heavy atom. The number of thiazole rings is 1. The fourth-order valence-corrected chi connectivity index (χ4v) is 1.71. The maximum absolute atomic E-state index is 8.94. The smallest absolute Gasteiger partial charge is 0.222 e. The van der Waals surface area contributed by atoms with Gasteiger partial charge in [0.1, 0.15) is 11.1 Å². The fourth-order valence-electron chi connectivity index (χ4n) is 0.869. The van der Waals surface area contributed by atoms with Crippen molar-refractivity contribution < 1.29 is 9.84 Å². The standard InChI is InChI=1S/C7H11NO2S/c1-3-5(10-2)7-8-6(9)4-11-7/h4-5,9H,3H2,1-2H3. The lowest BCUT2D eigenvalue weighted by atomic mass is 10.3. The molecule has 0 fully saturated rings. The average molecular weight is 173 g/mol. The van der Waals surface area contributed by atoms with Gasteiger partial charge in [0.25, 0.3) is 0 Å². The van der Waals surface area contributed by atoms with Crippen molar-refractivity contribution in [1.29, 1.82) is 0 Å². The molecule has 3 nitrogen and oxygen atoms in total. The van der Waals surface area contributed by atoms with Crippen molar-refractivity contribution in [1.82, 2.24) is 4.98 Å². The Balaban J connectivity index is 2.73. The average Bonchev–Trinajstić information content (AvgIpc) is 2.39. The van der Waals surface area contributed by atoms with Crippen LogP contribution < -0.4 is 0 Å². The first kappa shape index (κ1) is 8.49. The summed E-state index contributed by atoms with van der Waals surface area (Å²) in [5, 5.41) is 11.4. The highest BCUT2D eigenvalue weighted by molar-refractivity contribution is 7.09. The van der Waals surface area contributed by atoms with E-state index in [-0.39, 0.29) is 12.0 Å². The highest BCUT2D eigenvalue weighted by Crippen LogP contribution is 2.25. The van der Waals surface area contributed by atoms with E-state index in [9.17, 15) is 0 Å². The molecule has 62 valence electrons.